The molecule has 7 nitrogen and oxygen atoms in total. The van der Waals surface area contributed by atoms with Gasteiger partial charge in [0, 0.05) is 17.8 Å². The van der Waals surface area contributed by atoms with E-state index in [1.807, 2.05) is 0 Å². The Balaban J connectivity index is 1.74. The van der Waals surface area contributed by atoms with Crippen LogP contribution in [0.5, 0.6) is 11.5 Å². The molecule has 2 aromatic carbocycles. The molecule has 0 spiro atoms. The minimum Gasteiger partial charge on any atom is -0.497 e. The molecule has 0 atom stereocenters. The summed E-state index contributed by atoms with van der Waals surface area (Å²) >= 11 is 0. The van der Waals surface area contributed by atoms with Gasteiger partial charge in [-0.1, -0.05) is 0 Å². The molecule has 0 saturated carbocycles. The molecule has 0 fully saturated rings. The number of carbonyl (C=O) groups is 1. The molecule has 25 heavy (non-hydrogen) atoms. The lowest BCUT2D eigenvalue weighted by Crippen LogP contribution is -2.07. The molecule has 128 valence electrons. The first-order chi connectivity index (χ1) is 12.1. The molecule has 0 bridgehead atoms. The highest BCUT2D eigenvalue weighted by Crippen LogP contribution is 2.23. The maximum Gasteiger partial charge on any atom is 0.323 e. The Morgan fingerprint density at radius 3 is 2.36 bits per heavy atom. The third kappa shape index (κ3) is 3.89. The molecule has 3 N–H and O–H groups in total. The first-order valence-electron chi connectivity index (χ1n) is 7.51. The van der Waals surface area contributed by atoms with Crippen molar-refractivity contribution in [3.63, 3.8) is 0 Å². The number of H-pyrrole nitrogens is 2. The monoisotopic (exact) mass is 339 g/mol. The molecule has 3 rings (SSSR count). The predicted molar refractivity (Wildman–Crippen MR) is 96.1 cm³/mol. The van der Waals surface area contributed by atoms with Gasteiger partial charge in [-0.2, -0.15) is 0 Å². The third-order valence-corrected chi connectivity index (χ3v) is 3.58. The van der Waals surface area contributed by atoms with Crippen molar-refractivity contribution < 1.29 is 14.3 Å². The zero-order valence-electron chi connectivity index (χ0n) is 13.8. The summed E-state index contributed by atoms with van der Waals surface area (Å²) in [7, 11) is 3.13. The number of aromatic nitrogens is 2. The van der Waals surface area contributed by atoms with Crippen LogP contribution in [-0.4, -0.2) is 30.1 Å². The number of nitrogens with one attached hydrogen (secondary N) is 3. The lowest BCUT2D eigenvalue weighted by molar-refractivity contribution is -0.111. The van der Waals surface area contributed by atoms with Gasteiger partial charge < -0.3 is 24.8 Å². The van der Waals surface area contributed by atoms with Crippen molar-refractivity contribution in [1.29, 1.82) is 0 Å². The van der Waals surface area contributed by atoms with Gasteiger partial charge in [-0.25, -0.2) is 4.79 Å². The molecule has 1 heterocycles. The van der Waals surface area contributed by atoms with Crippen LogP contribution in [0.4, 0.5) is 5.69 Å². The number of imidazole rings is 1. The van der Waals surface area contributed by atoms with E-state index in [4.69, 9.17) is 9.47 Å². The number of hydrogen-bond acceptors (Lipinski definition) is 4. The fraction of sp³-hybridized carbons (Fsp3) is 0.111. The number of fused-ring (bicyclic) bond motifs is 1. The van der Waals surface area contributed by atoms with Crippen molar-refractivity contribution in [1.82, 2.24) is 9.97 Å². The predicted octanol–water partition coefficient (Wildman–Crippen LogP) is 2.53. The Morgan fingerprint density at radius 2 is 1.68 bits per heavy atom. The van der Waals surface area contributed by atoms with Gasteiger partial charge in [0.15, 0.2) is 0 Å². The number of anilines is 1. The Hall–Kier alpha value is -3.48. The summed E-state index contributed by atoms with van der Waals surface area (Å²) in [6.07, 6.45) is 3.08. The van der Waals surface area contributed by atoms with E-state index in [1.165, 1.54) is 6.08 Å². The van der Waals surface area contributed by atoms with Gasteiger partial charge in [-0.05, 0) is 42.0 Å². The molecule has 0 aliphatic carbocycles. The Labute approximate surface area is 143 Å². The number of hydrogen-bond donors (Lipinski definition) is 3. The number of ether oxygens (including phenoxy) is 2. The van der Waals surface area contributed by atoms with Gasteiger partial charge >= 0.3 is 5.69 Å². The van der Waals surface area contributed by atoms with Crippen LogP contribution in [0.1, 0.15) is 5.56 Å². The summed E-state index contributed by atoms with van der Waals surface area (Å²) in [6.45, 7) is 0. The number of benzene rings is 2. The van der Waals surface area contributed by atoms with Crippen LogP contribution in [-0.2, 0) is 4.79 Å². The molecular formula is C18H17N3O4. The van der Waals surface area contributed by atoms with Gasteiger partial charge in [0.1, 0.15) is 11.5 Å². The summed E-state index contributed by atoms with van der Waals surface area (Å²) in [4.78, 5) is 28.6. The molecule has 1 aromatic heterocycles. The summed E-state index contributed by atoms with van der Waals surface area (Å²) in [5.74, 6) is 0.988. The molecular weight excluding hydrogens is 322 g/mol. The highest BCUT2D eigenvalue weighted by Gasteiger charge is 2.03. The van der Waals surface area contributed by atoms with Crippen LogP contribution < -0.4 is 20.5 Å². The van der Waals surface area contributed by atoms with E-state index in [9.17, 15) is 9.59 Å². The Kier molecular flexibility index (Phi) is 4.56. The third-order valence-electron chi connectivity index (χ3n) is 3.58. The van der Waals surface area contributed by atoms with Gasteiger partial charge in [0.05, 0.1) is 25.3 Å². The topological polar surface area (TPSA) is 96.2 Å². The minimum absolute atomic E-state index is 0.287. The second-order valence-electron chi connectivity index (χ2n) is 5.31. The SMILES string of the molecule is COc1cc(/C=C/C(=O)Nc2ccc3[nH]c(=O)[nH]c3c2)cc(OC)c1. The fourth-order valence-corrected chi connectivity index (χ4v) is 2.39. The molecule has 0 aliphatic heterocycles. The lowest BCUT2D eigenvalue weighted by Gasteiger charge is -2.06. The van der Waals surface area contributed by atoms with Crippen molar-refractivity contribution in [2.75, 3.05) is 19.5 Å². The highest BCUT2D eigenvalue weighted by atomic mass is 16.5. The van der Waals surface area contributed by atoms with Crippen molar-refractivity contribution in [3.05, 3.63) is 58.5 Å². The van der Waals surface area contributed by atoms with Crippen molar-refractivity contribution in [2.24, 2.45) is 0 Å². The van der Waals surface area contributed by atoms with Crippen molar-refractivity contribution >= 4 is 28.7 Å². The van der Waals surface area contributed by atoms with Gasteiger partial charge in [-0.3, -0.25) is 4.79 Å². The average molecular weight is 339 g/mol. The average Bonchev–Trinajstić information content (AvgIpc) is 2.98. The molecule has 0 unspecified atom stereocenters. The first kappa shape index (κ1) is 16.4. The largest absolute Gasteiger partial charge is 0.497 e. The van der Waals surface area contributed by atoms with Crippen LogP contribution >= 0.6 is 0 Å². The summed E-state index contributed by atoms with van der Waals surface area (Å²) in [5, 5.41) is 2.75. The lowest BCUT2D eigenvalue weighted by atomic mass is 10.2. The number of carbonyl (C=O) groups excluding carboxylic acids is 1. The second kappa shape index (κ2) is 6.96. The van der Waals surface area contributed by atoms with E-state index in [0.717, 1.165) is 5.56 Å². The second-order valence-corrected chi connectivity index (χ2v) is 5.31. The number of rotatable bonds is 5. The maximum atomic E-state index is 12.1. The molecule has 1 amide bonds. The van der Waals surface area contributed by atoms with Gasteiger partial charge in [0.25, 0.3) is 0 Å². The van der Waals surface area contributed by atoms with E-state index >= 15 is 0 Å². The maximum absolute atomic E-state index is 12.1. The van der Waals surface area contributed by atoms with Crippen molar-refractivity contribution in [2.45, 2.75) is 0 Å². The fourth-order valence-electron chi connectivity index (χ4n) is 2.39. The standard InChI is InChI=1S/C18H17N3O4/c1-24-13-7-11(8-14(10-13)25-2)3-6-17(22)19-12-4-5-15-16(9-12)21-18(23)20-15/h3-10H,1-2H3,(H,19,22)(H2,20,21,23)/b6-3+. The first-order valence-corrected chi connectivity index (χ1v) is 7.51. The normalized spacial score (nSPS) is 11.0. The van der Waals surface area contributed by atoms with E-state index in [1.54, 1.807) is 56.7 Å². The molecule has 0 radical (unpaired) electrons. The summed E-state index contributed by atoms with van der Waals surface area (Å²) < 4.78 is 10.4. The Morgan fingerprint density at radius 1 is 1.00 bits per heavy atom. The van der Waals surface area contributed by atoms with Crippen LogP contribution in [0, 0.1) is 0 Å². The van der Waals surface area contributed by atoms with Gasteiger partial charge in [-0.15, -0.1) is 0 Å². The minimum atomic E-state index is -0.293. The molecule has 3 aromatic rings. The van der Waals surface area contributed by atoms with E-state index in [-0.39, 0.29) is 11.6 Å². The zero-order chi connectivity index (χ0) is 17.8. The number of amides is 1. The Bertz CT molecular complexity index is 979. The highest BCUT2D eigenvalue weighted by molar-refractivity contribution is 6.02. The quantitative estimate of drug-likeness (QED) is 0.622. The van der Waals surface area contributed by atoms with Crippen LogP contribution in [0.15, 0.2) is 47.3 Å². The molecule has 0 saturated heterocycles. The van der Waals surface area contributed by atoms with E-state index < -0.39 is 0 Å². The smallest absolute Gasteiger partial charge is 0.323 e. The number of methoxy groups -OCH3 is 2. The number of aromatic amines is 2. The van der Waals surface area contributed by atoms with Crippen molar-refractivity contribution in [3.8, 4) is 11.5 Å². The van der Waals surface area contributed by atoms with Crippen LogP contribution in [0.2, 0.25) is 0 Å². The van der Waals surface area contributed by atoms with Crippen LogP contribution in [0.3, 0.4) is 0 Å². The van der Waals surface area contributed by atoms with E-state index in [0.29, 0.717) is 28.2 Å². The summed E-state index contributed by atoms with van der Waals surface area (Å²) in [6, 6.07) is 10.5. The molecule has 7 heteroatoms. The van der Waals surface area contributed by atoms with Gasteiger partial charge in [0.2, 0.25) is 5.91 Å². The summed E-state index contributed by atoms with van der Waals surface area (Å²) in [5.41, 5.74) is 2.38. The van der Waals surface area contributed by atoms with Crippen LogP contribution in [0.25, 0.3) is 17.1 Å². The van der Waals surface area contributed by atoms with E-state index in [2.05, 4.69) is 15.3 Å². The molecule has 0 aliphatic rings. The zero-order valence-corrected chi connectivity index (χ0v) is 13.8.